The first kappa shape index (κ1) is 18.7. The molecule has 0 aliphatic carbocycles. The largest absolute Gasteiger partial charge is 0.495 e. The molecule has 134 valence electrons. The van der Waals surface area contributed by atoms with Crippen molar-refractivity contribution in [3.63, 3.8) is 0 Å². The lowest BCUT2D eigenvalue weighted by Gasteiger charge is -2.14. The van der Waals surface area contributed by atoms with E-state index in [1.165, 1.54) is 39.4 Å². The first-order valence-corrected chi connectivity index (χ1v) is 8.77. The van der Waals surface area contributed by atoms with Crippen LogP contribution in [-0.4, -0.2) is 49.6 Å². The van der Waals surface area contributed by atoms with Gasteiger partial charge in [-0.25, -0.2) is 12.7 Å². The van der Waals surface area contributed by atoms with Gasteiger partial charge in [-0.15, -0.1) is 0 Å². The molecule has 8 nitrogen and oxygen atoms in total. The number of ether oxygens (including phenoxy) is 1. The molecule has 1 amide bonds. The molecule has 1 aromatic carbocycles. The van der Waals surface area contributed by atoms with Crippen molar-refractivity contribution in [1.82, 2.24) is 14.1 Å². The monoisotopic (exact) mass is 364 g/mol. The van der Waals surface area contributed by atoms with Gasteiger partial charge in [0.25, 0.3) is 0 Å². The molecule has 0 fully saturated rings. The van der Waals surface area contributed by atoms with E-state index in [0.717, 1.165) is 4.31 Å². The van der Waals surface area contributed by atoms with Crippen molar-refractivity contribution in [2.75, 3.05) is 26.5 Å². The van der Waals surface area contributed by atoms with Crippen LogP contribution < -0.4 is 10.1 Å². The van der Waals surface area contributed by atoms with Gasteiger partial charge in [-0.3, -0.25) is 9.48 Å². The summed E-state index contributed by atoms with van der Waals surface area (Å²) in [5, 5.41) is 6.65. The summed E-state index contributed by atoms with van der Waals surface area (Å²) in [4.78, 5) is 11.9. The second-order valence-corrected chi connectivity index (χ2v) is 7.52. The first-order valence-electron chi connectivity index (χ1n) is 7.33. The van der Waals surface area contributed by atoms with Crippen LogP contribution in [0.2, 0.25) is 0 Å². The standard InChI is InChI=1S/C16H20N4O4S/c1-19(2)25(22,23)14-11-12(5-7-13(14)24-4)6-8-16(21)17-15-9-10-20(3)18-15/h5-11H,1-4H3,(H,17,18,21). The molecule has 9 heteroatoms. The highest BCUT2D eigenvalue weighted by atomic mass is 32.2. The smallest absolute Gasteiger partial charge is 0.249 e. The number of aryl methyl sites for hydroxylation is 1. The zero-order chi connectivity index (χ0) is 18.6. The van der Waals surface area contributed by atoms with Crippen molar-refractivity contribution in [3.8, 4) is 5.75 Å². The van der Waals surface area contributed by atoms with Crippen molar-refractivity contribution in [2.45, 2.75) is 4.90 Å². The van der Waals surface area contributed by atoms with Crippen LogP contribution in [0.4, 0.5) is 5.82 Å². The number of carbonyl (C=O) groups excluding carboxylic acids is 1. The summed E-state index contributed by atoms with van der Waals surface area (Å²) in [5.74, 6) is 0.304. The van der Waals surface area contributed by atoms with Gasteiger partial charge in [0.1, 0.15) is 10.6 Å². The lowest BCUT2D eigenvalue weighted by molar-refractivity contribution is -0.111. The van der Waals surface area contributed by atoms with E-state index in [4.69, 9.17) is 4.74 Å². The van der Waals surface area contributed by atoms with Crippen molar-refractivity contribution >= 4 is 27.8 Å². The van der Waals surface area contributed by atoms with E-state index in [9.17, 15) is 13.2 Å². The van der Waals surface area contributed by atoms with Crippen LogP contribution in [0.25, 0.3) is 6.08 Å². The molecule has 0 unspecified atom stereocenters. The summed E-state index contributed by atoms with van der Waals surface area (Å²) in [6, 6.07) is 6.34. The van der Waals surface area contributed by atoms with E-state index >= 15 is 0 Å². The van der Waals surface area contributed by atoms with Gasteiger partial charge in [-0.05, 0) is 23.8 Å². The number of methoxy groups -OCH3 is 1. The molecule has 2 aromatic rings. The molecule has 0 atom stereocenters. The van der Waals surface area contributed by atoms with Crippen LogP contribution in [0.3, 0.4) is 0 Å². The van der Waals surface area contributed by atoms with Crippen LogP contribution >= 0.6 is 0 Å². The molecule has 0 aliphatic rings. The summed E-state index contributed by atoms with van der Waals surface area (Å²) >= 11 is 0. The lowest BCUT2D eigenvalue weighted by Crippen LogP contribution is -2.22. The highest BCUT2D eigenvalue weighted by Gasteiger charge is 2.22. The number of aromatic nitrogens is 2. The van der Waals surface area contributed by atoms with Crippen LogP contribution in [-0.2, 0) is 21.9 Å². The molecule has 0 spiro atoms. The van der Waals surface area contributed by atoms with E-state index in [1.54, 1.807) is 36.1 Å². The number of sulfonamides is 1. The molecule has 0 radical (unpaired) electrons. The Morgan fingerprint density at radius 1 is 1.32 bits per heavy atom. The van der Waals surface area contributed by atoms with Crippen molar-refractivity contribution in [3.05, 3.63) is 42.1 Å². The van der Waals surface area contributed by atoms with Gasteiger partial charge in [0.15, 0.2) is 5.82 Å². The third kappa shape index (κ3) is 4.46. The normalized spacial score (nSPS) is 11.9. The maximum Gasteiger partial charge on any atom is 0.249 e. The molecule has 0 saturated carbocycles. The average molecular weight is 364 g/mol. The molecule has 1 N–H and O–H groups in total. The molecule has 0 aliphatic heterocycles. The number of nitrogens with zero attached hydrogens (tertiary/aromatic N) is 3. The molecule has 2 rings (SSSR count). The molecule has 0 bridgehead atoms. The Morgan fingerprint density at radius 2 is 2.04 bits per heavy atom. The number of nitrogens with one attached hydrogen (secondary N) is 1. The third-order valence-corrected chi connectivity index (χ3v) is 5.17. The molecule has 0 saturated heterocycles. The summed E-state index contributed by atoms with van der Waals surface area (Å²) < 4.78 is 32.6. The minimum atomic E-state index is -3.67. The Bertz CT molecular complexity index is 901. The maximum absolute atomic E-state index is 12.4. The Hall–Kier alpha value is -2.65. The number of benzene rings is 1. The van der Waals surface area contributed by atoms with E-state index in [2.05, 4.69) is 10.4 Å². The third-order valence-electron chi connectivity index (χ3n) is 3.34. The van der Waals surface area contributed by atoms with Gasteiger partial charge >= 0.3 is 0 Å². The predicted octanol–water partition coefficient (Wildman–Crippen LogP) is 1.33. The van der Waals surface area contributed by atoms with E-state index in [1.807, 2.05) is 0 Å². The van der Waals surface area contributed by atoms with Crippen molar-refractivity contribution in [1.29, 1.82) is 0 Å². The minimum Gasteiger partial charge on any atom is -0.495 e. The fraction of sp³-hybridized carbons (Fsp3) is 0.250. The van der Waals surface area contributed by atoms with Gasteiger partial charge in [0, 0.05) is 39.5 Å². The number of hydrogen-bond donors (Lipinski definition) is 1. The van der Waals surface area contributed by atoms with E-state index in [0.29, 0.717) is 11.4 Å². The number of carbonyl (C=O) groups is 1. The first-order chi connectivity index (χ1) is 11.7. The van der Waals surface area contributed by atoms with Crippen LogP contribution in [0.5, 0.6) is 5.75 Å². The fourth-order valence-corrected chi connectivity index (χ4v) is 3.10. The highest BCUT2D eigenvalue weighted by molar-refractivity contribution is 7.89. The molecule has 25 heavy (non-hydrogen) atoms. The number of anilines is 1. The van der Waals surface area contributed by atoms with Crippen LogP contribution in [0, 0.1) is 0 Å². The summed E-state index contributed by atoms with van der Waals surface area (Å²) in [6.07, 6.45) is 4.54. The highest BCUT2D eigenvalue weighted by Crippen LogP contribution is 2.27. The lowest BCUT2D eigenvalue weighted by atomic mass is 10.2. The SMILES string of the molecule is COc1ccc(C=CC(=O)Nc2ccn(C)n2)cc1S(=O)(=O)N(C)C. The van der Waals surface area contributed by atoms with Gasteiger partial charge in [-0.1, -0.05) is 6.07 Å². The topological polar surface area (TPSA) is 93.5 Å². The summed E-state index contributed by atoms with van der Waals surface area (Å²) in [6.45, 7) is 0. The Labute approximate surface area is 146 Å². The van der Waals surface area contributed by atoms with Crippen molar-refractivity contribution in [2.24, 2.45) is 7.05 Å². The maximum atomic E-state index is 12.4. The average Bonchev–Trinajstić information content (AvgIpc) is 2.97. The molecular weight excluding hydrogens is 344 g/mol. The molecule has 1 heterocycles. The fourth-order valence-electron chi connectivity index (χ4n) is 2.02. The predicted molar refractivity (Wildman–Crippen MR) is 94.7 cm³/mol. The Morgan fingerprint density at radius 3 is 2.60 bits per heavy atom. The number of amides is 1. The summed E-state index contributed by atoms with van der Waals surface area (Å²) in [7, 11) is 2.37. The van der Waals surface area contributed by atoms with Gasteiger partial charge in [0.05, 0.1) is 7.11 Å². The zero-order valence-corrected chi connectivity index (χ0v) is 15.2. The second-order valence-electron chi connectivity index (χ2n) is 5.39. The van der Waals surface area contributed by atoms with Gasteiger partial charge in [-0.2, -0.15) is 5.10 Å². The number of rotatable bonds is 6. The van der Waals surface area contributed by atoms with E-state index in [-0.39, 0.29) is 16.6 Å². The minimum absolute atomic E-state index is 0.0345. The van der Waals surface area contributed by atoms with Gasteiger partial charge in [0.2, 0.25) is 15.9 Å². The molecular formula is C16H20N4O4S. The summed E-state index contributed by atoms with van der Waals surface area (Å²) in [5.41, 5.74) is 0.553. The Kier molecular flexibility index (Phi) is 5.60. The van der Waals surface area contributed by atoms with Crippen LogP contribution in [0.15, 0.2) is 41.4 Å². The Balaban J connectivity index is 2.23. The number of hydrogen-bond acceptors (Lipinski definition) is 5. The zero-order valence-electron chi connectivity index (χ0n) is 14.4. The van der Waals surface area contributed by atoms with E-state index < -0.39 is 10.0 Å². The second kappa shape index (κ2) is 7.49. The van der Waals surface area contributed by atoms with Gasteiger partial charge < -0.3 is 10.1 Å². The quantitative estimate of drug-likeness (QED) is 0.781. The van der Waals surface area contributed by atoms with Crippen molar-refractivity contribution < 1.29 is 17.9 Å². The van der Waals surface area contributed by atoms with Crippen LogP contribution in [0.1, 0.15) is 5.56 Å². The molecule has 1 aromatic heterocycles.